The number of benzene rings is 1. The van der Waals surface area contributed by atoms with Gasteiger partial charge >= 0.3 is 0 Å². The monoisotopic (exact) mass is 290 g/mol. The van der Waals surface area contributed by atoms with Gasteiger partial charge < -0.3 is 9.64 Å². The number of hydrogen-bond acceptors (Lipinski definition) is 3. The van der Waals surface area contributed by atoms with Gasteiger partial charge in [-0.3, -0.25) is 10.1 Å². The lowest BCUT2D eigenvalue weighted by atomic mass is 10.1. The molecule has 116 valence electrons. The van der Waals surface area contributed by atoms with E-state index in [1.165, 1.54) is 5.56 Å². The molecule has 1 saturated heterocycles. The Morgan fingerprint density at radius 1 is 1.24 bits per heavy atom. The molecule has 1 amide bonds. The number of nitrogens with zero attached hydrogens (tertiary/aromatic N) is 1. The standard InChI is InChI=1S/C17H26N2O2/c1-3-5-11-21-12-10-19-16(20)13-18-17(19)15-8-6-14(4-2)7-9-15/h6-9,17-18H,3-5,10-13H2,1-2H3. The molecule has 21 heavy (non-hydrogen) atoms. The second kappa shape index (κ2) is 8.15. The summed E-state index contributed by atoms with van der Waals surface area (Å²) in [5.41, 5.74) is 2.46. The van der Waals surface area contributed by atoms with Crippen LogP contribution in [0, 0.1) is 0 Å². The molecule has 1 heterocycles. The third-order valence-electron chi connectivity index (χ3n) is 3.90. The molecule has 1 aliphatic rings. The second-order valence-corrected chi connectivity index (χ2v) is 5.43. The molecule has 1 N–H and O–H groups in total. The van der Waals surface area contributed by atoms with Gasteiger partial charge in [0.05, 0.1) is 13.2 Å². The molecule has 4 heteroatoms. The average molecular weight is 290 g/mol. The predicted molar refractivity (Wildman–Crippen MR) is 84.0 cm³/mol. The summed E-state index contributed by atoms with van der Waals surface area (Å²) in [6.07, 6.45) is 3.23. The van der Waals surface area contributed by atoms with E-state index in [2.05, 4.69) is 43.4 Å². The van der Waals surface area contributed by atoms with Crippen molar-refractivity contribution in [1.29, 1.82) is 0 Å². The third-order valence-corrected chi connectivity index (χ3v) is 3.90. The van der Waals surface area contributed by atoms with E-state index in [0.29, 0.717) is 19.7 Å². The van der Waals surface area contributed by atoms with E-state index < -0.39 is 0 Å². The van der Waals surface area contributed by atoms with Crippen LogP contribution >= 0.6 is 0 Å². The highest BCUT2D eigenvalue weighted by molar-refractivity contribution is 5.80. The first-order valence-electron chi connectivity index (χ1n) is 7.95. The summed E-state index contributed by atoms with van der Waals surface area (Å²) in [7, 11) is 0. The molecule has 1 aromatic rings. The second-order valence-electron chi connectivity index (χ2n) is 5.43. The Morgan fingerprint density at radius 3 is 2.67 bits per heavy atom. The number of nitrogens with one attached hydrogen (secondary N) is 1. The smallest absolute Gasteiger partial charge is 0.238 e. The van der Waals surface area contributed by atoms with Gasteiger partial charge in [-0.25, -0.2) is 0 Å². The number of aryl methyl sites for hydroxylation is 1. The summed E-state index contributed by atoms with van der Waals surface area (Å²) >= 11 is 0. The largest absolute Gasteiger partial charge is 0.380 e. The van der Waals surface area contributed by atoms with Crippen LogP contribution in [0.4, 0.5) is 0 Å². The van der Waals surface area contributed by atoms with Gasteiger partial charge in [-0.1, -0.05) is 44.5 Å². The van der Waals surface area contributed by atoms with Gasteiger partial charge in [0, 0.05) is 13.2 Å². The van der Waals surface area contributed by atoms with Crippen molar-refractivity contribution >= 4 is 5.91 Å². The highest BCUT2D eigenvalue weighted by Gasteiger charge is 2.30. The van der Waals surface area contributed by atoms with Gasteiger partial charge in [0.1, 0.15) is 6.17 Å². The van der Waals surface area contributed by atoms with Gasteiger partial charge in [-0.2, -0.15) is 0 Å². The van der Waals surface area contributed by atoms with Crippen molar-refractivity contribution in [2.75, 3.05) is 26.3 Å². The summed E-state index contributed by atoms with van der Waals surface area (Å²) in [6.45, 7) is 6.74. The van der Waals surface area contributed by atoms with Gasteiger partial charge in [0.15, 0.2) is 0 Å². The van der Waals surface area contributed by atoms with Crippen LogP contribution in [0.15, 0.2) is 24.3 Å². The van der Waals surface area contributed by atoms with E-state index in [1.54, 1.807) is 0 Å². The fourth-order valence-corrected chi connectivity index (χ4v) is 2.54. The van der Waals surface area contributed by atoms with Crippen LogP contribution in [-0.2, 0) is 16.0 Å². The molecule has 4 nitrogen and oxygen atoms in total. The van der Waals surface area contributed by atoms with Crippen LogP contribution in [0.25, 0.3) is 0 Å². The molecule has 0 radical (unpaired) electrons. The van der Waals surface area contributed by atoms with Crippen molar-refractivity contribution in [1.82, 2.24) is 10.2 Å². The minimum atomic E-state index is -0.0156. The van der Waals surface area contributed by atoms with Gasteiger partial charge in [0.25, 0.3) is 0 Å². The Labute approximate surface area is 127 Å². The molecule has 2 rings (SSSR count). The maximum atomic E-state index is 12.0. The molecule has 0 spiro atoms. The molecule has 1 aliphatic heterocycles. The zero-order valence-corrected chi connectivity index (χ0v) is 13.1. The molecule has 1 fully saturated rings. The van der Waals surface area contributed by atoms with Gasteiger partial charge in [-0.05, 0) is 24.0 Å². The first kappa shape index (κ1) is 16.0. The Morgan fingerprint density at radius 2 is 2.00 bits per heavy atom. The van der Waals surface area contributed by atoms with E-state index in [1.807, 2.05) is 4.90 Å². The Bertz CT molecular complexity index is 445. The lowest BCUT2D eigenvalue weighted by molar-refractivity contribution is -0.128. The highest BCUT2D eigenvalue weighted by Crippen LogP contribution is 2.22. The molecule has 0 saturated carbocycles. The molecular weight excluding hydrogens is 264 g/mol. The van der Waals surface area contributed by atoms with Crippen LogP contribution < -0.4 is 5.32 Å². The number of ether oxygens (including phenoxy) is 1. The van der Waals surface area contributed by atoms with Crippen LogP contribution in [0.3, 0.4) is 0 Å². The fraction of sp³-hybridized carbons (Fsp3) is 0.588. The summed E-state index contributed by atoms with van der Waals surface area (Å²) < 4.78 is 5.58. The summed E-state index contributed by atoms with van der Waals surface area (Å²) in [4.78, 5) is 13.9. The first-order chi connectivity index (χ1) is 10.3. The molecule has 0 aromatic heterocycles. The van der Waals surface area contributed by atoms with Crippen LogP contribution in [0.2, 0.25) is 0 Å². The number of carbonyl (C=O) groups excluding carboxylic acids is 1. The molecule has 1 unspecified atom stereocenters. The zero-order chi connectivity index (χ0) is 15.1. The Hall–Kier alpha value is -1.39. The maximum Gasteiger partial charge on any atom is 0.238 e. The van der Waals surface area contributed by atoms with Crippen molar-refractivity contribution in [3.05, 3.63) is 35.4 Å². The van der Waals surface area contributed by atoms with E-state index in [4.69, 9.17) is 4.74 Å². The predicted octanol–water partition coefficient (Wildman–Crippen LogP) is 2.50. The van der Waals surface area contributed by atoms with E-state index >= 15 is 0 Å². The van der Waals surface area contributed by atoms with Crippen LogP contribution in [0.1, 0.15) is 44.0 Å². The van der Waals surface area contributed by atoms with E-state index in [0.717, 1.165) is 31.4 Å². The Balaban J connectivity index is 1.92. The van der Waals surface area contributed by atoms with Crippen LogP contribution in [0.5, 0.6) is 0 Å². The SMILES string of the molecule is CCCCOCCN1C(=O)CNC1c1ccc(CC)cc1. The highest BCUT2D eigenvalue weighted by atomic mass is 16.5. The molecular formula is C17H26N2O2. The van der Waals surface area contributed by atoms with Gasteiger partial charge in [0.2, 0.25) is 5.91 Å². The quantitative estimate of drug-likeness (QED) is 0.748. The Kier molecular flexibility index (Phi) is 6.21. The lowest BCUT2D eigenvalue weighted by Crippen LogP contribution is -2.33. The minimum Gasteiger partial charge on any atom is -0.380 e. The first-order valence-corrected chi connectivity index (χ1v) is 7.95. The van der Waals surface area contributed by atoms with Crippen molar-refractivity contribution < 1.29 is 9.53 Å². The number of amides is 1. The fourth-order valence-electron chi connectivity index (χ4n) is 2.54. The molecule has 0 aliphatic carbocycles. The number of carbonyl (C=O) groups is 1. The number of hydrogen-bond donors (Lipinski definition) is 1. The van der Waals surface area contributed by atoms with Crippen molar-refractivity contribution in [3.8, 4) is 0 Å². The van der Waals surface area contributed by atoms with Gasteiger partial charge in [-0.15, -0.1) is 0 Å². The van der Waals surface area contributed by atoms with E-state index in [9.17, 15) is 4.79 Å². The molecule has 1 atom stereocenters. The van der Waals surface area contributed by atoms with E-state index in [-0.39, 0.29) is 12.1 Å². The number of unbranched alkanes of at least 4 members (excludes halogenated alkanes) is 1. The average Bonchev–Trinajstić information content (AvgIpc) is 2.88. The molecule has 0 bridgehead atoms. The van der Waals surface area contributed by atoms with Crippen molar-refractivity contribution in [2.45, 2.75) is 39.3 Å². The third kappa shape index (κ3) is 4.29. The molecule has 1 aromatic carbocycles. The normalized spacial score (nSPS) is 18.5. The maximum absolute atomic E-state index is 12.0. The number of rotatable bonds is 8. The topological polar surface area (TPSA) is 41.6 Å². The summed E-state index contributed by atoms with van der Waals surface area (Å²) in [5.74, 6) is 0.152. The lowest BCUT2D eigenvalue weighted by Gasteiger charge is -2.24. The van der Waals surface area contributed by atoms with Crippen molar-refractivity contribution in [3.63, 3.8) is 0 Å². The summed E-state index contributed by atoms with van der Waals surface area (Å²) in [5, 5.41) is 3.28. The van der Waals surface area contributed by atoms with Crippen LogP contribution in [-0.4, -0.2) is 37.1 Å². The summed E-state index contributed by atoms with van der Waals surface area (Å²) in [6, 6.07) is 8.49. The zero-order valence-electron chi connectivity index (χ0n) is 13.1. The minimum absolute atomic E-state index is 0.0156. The van der Waals surface area contributed by atoms with Crippen molar-refractivity contribution in [2.24, 2.45) is 0 Å².